The predicted octanol–water partition coefficient (Wildman–Crippen LogP) is 5.01. The van der Waals surface area contributed by atoms with Gasteiger partial charge >= 0.3 is 0 Å². The van der Waals surface area contributed by atoms with Gasteiger partial charge in [0.2, 0.25) is 0 Å². The molecule has 2 N–H and O–H groups in total. The van der Waals surface area contributed by atoms with Crippen LogP contribution in [0, 0.1) is 5.82 Å². The first-order chi connectivity index (χ1) is 16.7. The summed E-state index contributed by atoms with van der Waals surface area (Å²) in [6.07, 6.45) is -0.559. The monoisotopic (exact) mass is 498 g/mol. The fraction of sp³-hybridized carbons (Fsp3) is 0.357. The van der Waals surface area contributed by atoms with Gasteiger partial charge in [-0.25, -0.2) is 4.39 Å². The summed E-state index contributed by atoms with van der Waals surface area (Å²) < 4.78 is 19.0. The molecule has 0 amide bonds. The Balaban J connectivity index is 1.56. The Hall–Kier alpha value is -2.64. The van der Waals surface area contributed by atoms with Gasteiger partial charge in [-0.2, -0.15) is 0 Å². The van der Waals surface area contributed by atoms with Crippen LogP contribution in [-0.4, -0.2) is 54.0 Å². The van der Waals surface area contributed by atoms with Crippen LogP contribution in [0.15, 0.2) is 72.8 Å². The molecule has 1 aliphatic rings. The first-order valence-corrected chi connectivity index (χ1v) is 12.2. The van der Waals surface area contributed by atoms with E-state index in [-0.39, 0.29) is 18.5 Å². The van der Waals surface area contributed by atoms with E-state index in [9.17, 15) is 14.6 Å². The van der Waals surface area contributed by atoms with E-state index in [2.05, 4.69) is 21.9 Å². The molecule has 1 heterocycles. The summed E-state index contributed by atoms with van der Waals surface area (Å²) in [7, 11) is 0. The van der Waals surface area contributed by atoms with Crippen LogP contribution in [0.3, 0.4) is 0 Å². The van der Waals surface area contributed by atoms with Gasteiger partial charge in [0.25, 0.3) is 0 Å². The molecule has 3 atom stereocenters. The number of nitrogens with zero attached hydrogens (tertiary/aromatic N) is 2. The molecule has 5 nitrogen and oxygen atoms in total. The number of benzene rings is 3. The number of aliphatic hydroxyl groups is 2. The number of anilines is 1. The molecule has 4 rings (SSSR count). The molecular formula is C28H32ClFN2O3. The SMILES string of the molecule is C[C@H](O)COc1ccc(N2CCN(C[C@@](C)(O)c3ccc(F)cc3)C[C@H]2c2ccccc2)c(Cl)c1. The molecule has 7 heteroatoms. The zero-order valence-electron chi connectivity index (χ0n) is 20.1. The second-order valence-corrected chi connectivity index (χ2v) is 9.82. The van der Waals surface area contributed by atoms with E-state index in [0.29, 0.717) is 36.0 Å². The van der Waals surface area contributed by atoms with Gasteiger partial charge < -0.3 is 19.8 Å². The van der Waals surface area contributed by atoms with Crippen LogP contribution in [0.4, 0.5) is 10.1 Å². The highest BCUT2D eigenvalue weighted by Gasteiger charge is 2.34. The lowest BCUT2D eigenvalue weighted by molar-refractivity contribution is 0.0102. The Kier molecular flexibility index (Phi) is 7.97. The smallest absolute Gasteiger partial charge is 0.123 e. The van der Waals surface area contributed by atoms with Crippen molar-refractivity contribution in [3.63, 3.8) is 0 Å². The molecule has 3 aromatic rings. The maximum atomic E-state index is 13.4. The largest absolute Gasteiger partial charge is 0.491 e. The van der Waals surface area contributed by atoms with Crippen molar-refractivity contribution in [3.05, 3.63) is 94.8 Å². The summed E-state index contributed by atoms with van der Waals surface area (Å²) in [5.41, 5.74) is 1.64. The predicted molar refractivity (Wildman–Crippen MR) is 138 cm³/mol. The van der Waals surface area contributed by atoms with E-state index in [1.54, 1.807) is 32.0 Å². The Labute approximate surface area is 211 Å². The van der Waals surface area contributed by atoms with Gasteiger partial charge in [0.1, 0.15) is 18.2 Å². The van der Waals surface area contributed by atoms with E-state index >= 15 is 0 Å². The summed E-state index contributed by atoms with van der Waals surface area (Å²) in [5, 5.41) is 21.3. The van der Waals surface area contributed by atoms with E-state index in [1.165, 1.54) is 12.1 Å². The van der Waals surface area contributed by atoms with E-state index in [4.69, 9.17) is 16.3 Å². The maximum Gasteiger partial charge on any atom is 0.123 e. The number of hydrogen-bond acceptors (Lipinski definition) is 5. The molecule has 0 aliphatic carbocycles. The Morgan fingerprint density at radius 1 is 1.09 bits per heavy atom. The minimum atomic E-state index is -1.11. The topological polar surface area (TPSA) is 56.2 Å². The third kappa shape index (κ3) is 6.33. The van der Waals surface area contributed by atoms with Crippen molar-refractivity contribution in [2.45, 2.75) is 31.6 Å². The van der Waals surface area contributed by atoms with Gasteiger partial charge in [0, 0.05) is 32.2 Å². The summed E-state index contributed by atoms with van der Waals surface area (Å²) >= 11 is 6.70. The van der Waals surface area contributed by atoms with Gasteiger partial charge in [-0.1, -0.05) is 54.1 Å². The lowest BCUT2D eigenvalue weighted by Crippen LogP contribution is -2.52. The van der Waals surface area contributed by atoms with Crippen LogP contribution in [-0.2, 0) is 5.60 Å². The van der Waals surface area contributed by atoms with E-state index in [1.807, 2.05) is 30.3 Å². The van der Waals surface area contributed by atoms with Crippen molar-refractivity contribution in [2.75, 3.05) is 37.7 Å². The highest BCUT2D eigenvalue weighted by atomic mass is 35.5. The summed E-state index contributed by atoms with van der Waals surface area (Å²) in [5.74, 6) is 0.298. The number of rotatable bonds is 8. The molecular weight excluding hydrogens is 467 g/mol. The third-order valence-electron chi connectivity index (χ3n) is 6.37. The van der Waals surface area contributed by atoms with Crippen LogP contribution in [0.25, 0.3) is 0 Å². The number of piperazine rings is 1. The number of aliphatic hydroxyl groups excluding tert-OH is 1. The van der Waals surface area contributed by atoms with Crippen LogP contribution in [0.2, 0.25) is 5.02 Å². The molecule has 0 bridgehead atoms. The lowest BCUT2D eigenvalue weighted by atomic mass is 9.94. The van der Waals surface area contributed by atoms with Gasteiger partial charge in [0.15, 0.2) is 0 Å². The molecule has 1 aliphatic heterocycles. The molecule has 3 aromatic carbocycles. The number of β-amino-alcohol motifs (C(OH)–C–C–N with tert-alkyl or cyclic N) is 1. The van der Waals surface area contributed by atoms with Crippen molar-refractivity contribution in [1.29, 1.82) is 0 Å². The van der Waals surface area contributed by atoms with E-state index < -0.39 is 11.7 Å². The van der Waals surface area contributed by atoms with Crippen LogP contribution < -0.4 is 9.64 Å². The fourth-order valence-corrected chi connectivity index (χ4v) is 4.87. The van der Waals surface area contributed by atoms with Gasteiger partial charge in [-0.3, -0.25) is 4.90 Å². The highest BCUT2D eigenvalue weighted by Crippen LogP contribution is 2.37. The molecule has 0 spiro atoms. The second kappa shape index (κ2) is 11.0. The highest BCUT2D eigenvalue weighted by molar-refractivity contribution is 6.33. The third-order valence-corrected chi connectivity index (χ3v) is 6.67. The van der Waals surface area contributed by atoms with Crippen molar-refractivity contribution >= 4 is 17.3 Å². The Morgan fingerprint density at radius 2 is 1.80 bits per heavy atom. The lowest BCUT2D eigenvalue weighted by Gasteiger charge is -2.45. The normalized spacial score (nSPS) is 19.3. The van der Waals surface area contributed by atoms with Crippen molar-refractivity contribution in [3.8, 4) is 5.75 Å². The van der Waals surface area contributed by atoms with Crippen molar-refractivity contribution < 1.29 is 19.3 Å². The van der Waals surface area contributed by atoms with E-state index in [0.717, 1.165) is 17.8 Å². The number of hydrogen-bond donors (Lipinski definition) is 2. The number of ether oxygens (including phenoxy) is 1. The van der Waals surface area contributed by atoms with Crippen LogP contribution in [0.1, 0.15) is 31.0 Å². The van der Waals surface area contributed by atoms with Gasteiger partial charge in [-0.05, 0) is 49.2 Å². The minimum Gasteiger partial charge on any atom is -0.491 e. The molecule has 0 saturated carbocycles. The zero-order valence-corrected chi connectivity index (χ0v) is 20.8. The quantitative estimate of drug-likeness (QED) is 0.457. The Bertz CT molecular complexity index is 1110. The molecule has 0 aromatic heterocycles. The summed E-state index contributed by atoms with van der Waals surface area (Å²) in [4.78, 5) is 4.53. The molecule has 0 radical (unpaired) electrons. The molecule has 0 unspecified atom stereocenters. The van der Waals surface area contributed by atoms with Crippen LogP contribution >= 0.6 is 11.6 Å². The zero-order chi connectivity index (χ0) is 25.0. The van der Waals surface area contributed by atoms with Crippen molar-refractivity contribution in [1.82, 2.24) is 4.90 Å². The fourth-order valence-electron chi connectivity index (χ4n) is 4.59. The minimum absolute atomic E-state index is 0.0238. The number of halogens is 2. The van der Waals surface area contributed by atoms with Crippen LogP contribution in [0.5, 0.6) is 5.75 Å². The average molecular weight is 499 g/mol. The van der Waals surface area contributed by atoms with Gasteiger partial charge in [0.05, 0.1) is 28.5 Å². The van der Waals surface area contributed by atoms with Gasteiger partial charge in [-0.15, -0.1) is 0 Å². The molecule has 1 saturated heterocycles. The molecule has 186 valence electrons. The first-order valence-electron chi connectivity index (χ1n) is 11.9. The molecule has 1 fully saturated rings. The molecule has 35 heavy (non-hydrogen) atoms. The Morgan fingerprint density at radius 3 is 2.46 bits per heavy atom. The summed E-state index contributed by atoms with van der Waals surface area (Å²) in [6, 6.07) is 21.9. The summed E-state index contributed by atoms with van der Waals surface area (Å²) in [6.45, 7) is 6.22. The standard InChI is InChI=1S/C28H32ClFN2O3/c1-20(33)18-35-24-12-13-26(25(29)16-24)32-15-14-31(17-27(32)21-6-4-3-5-7-21)19-28(2,34)22-8-10-23(30)11-9-22/h3-13,16,20,27,33-34H,14-15,17-19H2,1-2H3/t20-,27-,28+/m0/s1. The second-order valence-electron chi connectivity index (χ2n) is 9.41. The first kappa shape index (κ1) is 25.5. The maximum absolute atomic E-state index is 13.4. The van der Waals surface area contributed by atoms with Crippen molar-refractivity contribution in [2.24, 2.45) is 0 Å². The average Bonchev–Trinajstić information content (AvgIpc) is 2.83.